The molecular formula is C10H22N2. The van der Waals surface area contributed by atoms with Crippen LogP contribution in [0, 0.1) is 11.8 Å². The maximum absolute atomic E-state index is 4.40. The second-order valence-corrected chi connectivity index (χ2v) is 4.09. The van der Waals surface area contributed by atoms with Crippen LogP contribution in [0.25, 0.3) is 0 Å². The Morgan fingerprint density at radius 2 is 1.75 bits per heavy atom. The predicted molar refractivity (Wildman–Crippen MR) is 55.7 cm³/mol. The van der Waals surface area contributed by atoms with E-state index in [9.17, 15) is 0 Å². The third-order valence-electron chi connectivity index (χ3n) is 1.46. The van der Waals surface area contributed by atoms with Gasteiger partial charge in [0.25, 0.3) is 0 Å². The maximum Gasteiger partial charge on any atom is 0.0931 e. The van der Waals surface area contributed by atoms with Crippen molar-refractivity contribution in [2.45, 2.75) is 34.6 Å². The van der Waals surface area contributed by atoms with Gasteiger partial charge in [0.2, 0.25) is 0 Å². The topological polar surface area (TPSA) is 24.4 Å². The summed E-state index contributed by atoms with van der Waals surface area (Å²) in [5.74, 6) is 2.41. The second kappa shape index (κ2) is 6.04. The summed E-state index contributed by atoms with van der Waals surface area (Å²) in [7, 11) is 0. The molecule has 0 spiro atoms. The van der Waals surface area contributed by atoms with Crippen LogP contribution < -0.4 is 5.32 Å². The van der Waals surface area contributed by atoms with Gasteiger partial charge in [0.15, 0.2) is 0 Å². The Kier molecular flexibility index (Phi) is 5.77. The van der Waals surface area contributed by atoms with Crippen LogP contribution in [0.15, 0.2) is 4.99 Å². The van der Waals surface area contributed by atoms with Gasteiger partial charge in [-0.05, 0) is 18.8 Å². The van der Waals surface area contributed by atoms with Gasteiger partial charge in [-0.1, -0.05) is 27.7 Å². The van der Waals surface area contributed by atoms with Crippen molar-refractivity contribution in [3.05, 3.63) is 0 Å². The van der Waals surface area contributed by atoms with Crippen LogP contribution >= 0.6 is 0 Å². The molecule has 0 amide bonds. The Balaban J connectivity index is 3.56. The minimum Gasteiger partial charge on any atom is -0.374 e. The SMILES string of the molecule is CC(=NCC(C)C)NCC(C)C. The van der Waals surface area contributed by atoms with Crippen LogP contribution in [0.1, 0.15) is 34.6 Å². The maximum atomic E-state index is 4.40. The highest BCUT2D eigenvalue weighted by Crippen LogP contribution is 1.92. The predicted octanol–water partition coefficient (Wildman–Crippen LogP) is 2.31. The third-order valence-corrected chi connectivity index (χ3v) is 1.46. The van der Waals surface area contributed by atoms with E-state index in [-0.39, 0.29) is 0 Å². The van der Waals surface area contributed by atoms with Crippen LogP contribution in [0.2, 0.25) is 0 Å². The van der Waals surface area contributed by atoms with Gasteiger partial charge < -0.3 is 5.32 Å². The van der Waals surface area contributed by atoms with Crippen LogP contribution in [0.4, 0.5) is 0 Å². The molecule has 0 aromatic heterocycles. The van der Waals surface area contributed by atoms with Crippen LogP contribution in [-0.2, 0) is 0 Å². The third kappa shape index (κ3) is 7.58. The molecule has 0 atom stereocenters. The summed E-state index contributed by atoms with van der Waals surface area (Å²) in [5, 5.41) is 3.29. The monoisotopic (exact) mass is 170 g/mol. The van der Waals surface area contributed by atoms with Crippen molar-refractivity contribution in [1.29, 1.82) is 0 Å². The van der Waals surface area contributed by atoms with Crippen molar-refractivity contribution < 1.29 is 0 Å². The highest BCUT2D eigenvalue weighted by atomic mass is 15.0. The van der Waals surface area contributed by atoms with Crippen molar-refractivity contribution in [3.8, 4) is 0 Å². The molecule has 2 nitrogen and oxygen atoms in total. The number of aliphatic imine (C=N–C) groups is 1. The fourth-order valence-electron chi connectivity index (χ4n) is 0.727. The molecule has 0 unspecified atom stereocenters. The van der Waals surface area contributed by atoms with E-state index in [0.29, 0.717) is 11.8 Å². The highest BCUT2D eigenvalue weighted by Gasteiger charge is 1.94. The van der Waals surface area contributed by atoms with E-state index in [2.05, 4.69) is 38.0 Å². The molecule has 72 valence electrons. The summed E-state index contributed by atoms with van der Waals surface area (Å²) in [4.78, 5) is 4.40. The Bertz CT molecular complexity index is 137. The lowest BCUT2D eigenvalue weighted by atomic mass is 10.2. The summed E-state index contributed by atoms with van der Waals surface area (Å²) in [6.07, 6.45) is 0. The molecule has 0 bridgehead atoms. The van der Waals surface area contributed by atoms with Crippen LogP contribution in [0.5, 0.6) is 0 Å². The number of hydrogen-bond donors (Lipinski definition) is 1. The number of rotatable bonds is 4. The lowest BCUT2D eigenvalue weighted by Gasteiger charge is -2.08. The van der Waals surface area contributed by atoms with Crippen molar-refractivity contribution in [2.75, 3.05) is 13.1 Å². The lowest BCUT2D eigenvalue weighted by molar-refractivity contribution is 0.617. The van der Waals surface area contributed by atoms with E-state index in [4.69, 9.17) is 0 Å². The molecule has 0 aliphatic heterocycles. The summed E-state index contributed by atoms with van der Waals surface area (Å²) < 4.78 is 0. The Morgan fingerprint density at radius 1 is 1.17 bits per heavy atom. The molecule has 0 rings (SSSR count). The van der Waals surface area contributed by atoms with Crippen molar-refractivity contribution in [2.24, 2.45) is 16.8 Å². The first kappa shape index (κ1) is 11.5. The van der Waals surface area contributed by atoms with Gasteiger partial charge >= 0.3 is 0 Å². The molecule has 0 radical (unpaired) electrons. The second-order valence-electron chi connectivity index (χ2n) is 4.09. The molecule has 0 aliphatic rings. The van der Waals surface area contributed by atoms with Crippen molar-refractivity contribution >= 4 is 5.84 Å². The first-order valence-electron chi connectivity index (χ1n) is 4.77. The van der Waals surface area contributed by atoms with Crippen LogP contribution in [-0.4, -0.2) is 18.9 Å². The zero-order valence-corrected chi connectivity index (χ0v) is 9.02. The molecule has 0 aromatic rings. The number of amidine groups is 1. The number of hydrogen-bond acceptors (Lipinski definition) is 1. The van der Waals surface area contributed by atoms with E-state index < -0.39 is 0 Å². The van der Waals surface area contributed by atoms with Crippen molar-refractivity contribution in [3.63, 3.8) is 0 Å². The summed E-state index contributed by atoms with van der Waals surface area (Å²) in [6.45, 7) is 12.7. The fraction of sp³-hybridized carbons (Fsp3) is 0.900. The molecule has 0 saturated heterocycles. The highest BCUT2D eigenvalue weighted by molar-refractivity contribution is 5.79. The molecule has 0 aromatic carbocycles. The molecule has 12 heavy (non-hydrogen) atoms. The Labute approximate surface area is 76.5 Å². The lowest BCUT2D eigenvalue weighted by Crippen LogP contribution is -2.25. The molecule has 0 aliphatic carbocycles. The number of nitrogens with one attached hydrogen (secondary N) is 1. The van der Waals surface area contributed by atoms with Gasteiger partial charge in [0, 0.05) is 13.1 Å². The minimum atomic E-state index is 0.654. The van der Waals surface area contributed by atoms with Gasteiger partial charge in [-0.3, -0.25) is 4.99 Å². The quantitative estimate of drug-likeness (QED) is 0.508. The zero-order valence-electron chi connectivity index (χ0n) is 9.02. The summed E-state index contributed by atoms with van der Waals surface area (Å²) >= 11 is 0. The largest absolute Gasteiger partial charge is 0.374 e. The van der Waals surface area contributed by atoms with Crippen molar-refractivity contribution in [1.82, 2.24) is 5.32 Å². The fourth-order valence-corrected chi connectivity index (χ4v) is 0.727. The van der Waals surface area contributed by atoms with Crippen LogP contribution in [0.3, 0.4) is 0 Å². The summed E-state index contributed by atoms with van der Waals surface area (Å²) in [5.41, 5.74) is 0. The standard InChI is InChI=1S/C10H22N2/c1-8(2)6-11-10(5)12-7-9(3)4/h8-9H,6-7H2,1-5H3,(H,11,12). The van der Waals surface area contributed by atoms with Gasteiger partial charge in [-0.15, -0.1) is 0 Å². The van der Waals surface area contributed by atoms with Gasteiger partial charge in [-0.25, -0.2) is 0 Å². The molecule has 0 heterocycles. The Morgan fingerprint density at radius 3 is 2.17 bits per heavy atom. The van der Waals surface area contributed by atoms with E-state index in [0.717, 1.165) is 18.9 Å². The average molecular weight is 170 g/mol. The molecule has 2 heteroatoms. The van der Waals surface area contributed by atoms with Gasteiger partial charge in [0.05, 0.1) is 5.84 Å². The average Bonchev–Trinajstić information content (AvgIpc) is 1.96. The molecule has 0 saturated carbocycles. The van der Waals surface area contributed by atoms with Gasteiger partial charge in [0.1, 0.15) is 0 Å². The smallest absolute Gasteiger partial charge is 0.0931 e. The zero-order chi connectivity index (χ0) is 9.56. The summed E-state index contributed by atoms with van der Waals surface area (Å²) in [6, 6.07) is 0. The van der Waals surface area contributed by atoms with Gasteiger partial charge in [-0.2, -0.15) is 0 Å². The van der Waals surface area contributed by atoms with E-state index in [1.807, 2.05) is 6.92 Å². The van der Waals surface area contributed by atoms with E-state index in [1.54, 1.807) is 0 Å². The molecule has 0 fully saturated rings. The molecule has 1 N–H and O–H groups in total. The Hall–Kier alpha value is -0.530. The van der Waals surface area contributed by atoms with E-state index in [1.165, 1.54) is 0 Å². The first-order valence-corrected chi connectivity index (χ1v) is 4.77. The first-order chi connectivity index (χ1) is 5.52. The molecular weight excluding hydrogens is 148 g/mol. The minimum absolute atomic E-state index is 0.654. The van der Waals surface area contributed by atoms with E-state index >= 15 is 0 Å². The number of nitrogens with zero attached hydrogens (tertiary/aromatic N) is 1. The normalized spacial score (nSPS) is 12.8.